The molecule has 0 bridgehead atoms. The van der Waals surface area contributed by atoms with Crippen molar-refractivity contribution in [1.82, 2.24) is 0 Å². The highest BCUT2D eigenvalue weighted by Crippen LogP contribution is 2.28. The molecule has 0 saturated carbocycles. The van der Waals surface area contributed by atoms with Crippen LogP contribution in [0.1, 0.15) is 19.8 Å². The minimum atomic E-state index is -0.471. The lowest BCUT2D eigenvalue weighted by Gasteiger charge is -2.21. The van der Waals surface area contributed by atoms with Gasteiger partial charge in [0, 0.05) is 12.7 Å². The van der Waals surface area contributed by atoms with Gasteiger partial charge in [-0.05, 0) is 24.6 Å². The fourth-order valence-electron chi connectivity index (χ4n) is 1.67. The zero-order valence-electron chi connectivity index (χ0n) is 10.9. The second kappa shape index (κ2) is 6.61. The average molecular weight is 271 g/mol. The number of carbonyl (C=O) groups excluding carboxylic acids is 1. The van der Waals surface area contributed by atoms with Crippen LogP contribution >= 0.6 is 11.6 Å². The quantitative estimate of drug-likeness (QED) is 0.894. The standard InChI is InChI=1S/C13H19ClN2O2/c1-4-5-11(15)13(17)16(2)9-6-7-12(18-3)10(14)8-9/h6-8,11H,4-5,15H2,1-3H3. The topological polar surface area (TPSA) is 55.6 Å². The summed E-state index contributed by atoms with van der Waals surface area (Å²) in [6, 6.07) is 4.73. The average Bonchev–Trinajstić information content (AvgIpc) is 2.37. The summed E-state index contributed by atoms with van der Waals surface area (Å²) in [5.41, 5.74) is 6.52. The molecule has 4 nitrogen and oxygen atoms in total. The molecular formula is C13H19ClN2O2. The number of halogens is 1. The summed E-state index contributed by atoms with van der Waals surface area (Å²) in [4.78, 5) is 13.5. The van der Waals surface area contributed by atoms with Gasteiger partial charge in [0.25, 0.3) is 0 Å². The molecule has 0 aliphatic heterocycles. The molecule has 18 heavy (non-hydrogen) atoms. The molecule has 1 amide bonds. The van der Waals surface area contributed by atoms with Crippen LogP contribution in [0.4, 0.5) is 5.69 Å². The van der Waals surface area contributed by atoms with Crippen molar-refractivity contribution in [2.45, 2.75) is 25.8 Å². The predicted molar refractivity (Wildman–Crippen MR) is 74.3 cm³/mol. The second-order valence-corrected chi connectivity index (χ2v) is 4.52. The number of methoxy groups -OCH3 is 1. The van der Waals surface area contributed by atoms with E-state index in [9.17, 15) is 4.79 Å². The number of rotatable bonds is 5. The molecule has 0 heterocycles. The summed E-state index contributed by atoms with van der Waals surface area (Å²) >= 11 is 6.02. The maximum Gasteiger partial charge on any atom is 0.243 e. The van der Waals surface area contributed by atoms with Crippen LogP contribution in [0.15, 0.2) is 18.2 Å². The van der Waals surface area contributed by atoms with Crippen molar-refractivity contribution >= 4 is 23.2 Å². The van der Waals surface area contributed by atoms with E-state index in [1.54, 1.807) is 32.4 Å². The minimum Gasteiger partial charge on any atom is -0.495 e. The van der Waals surface area contributed by atoms with Crippen LogP contribution in [0.3, 0.4) is 0 Å². The van der Waals surface area contributed by atoms with E-state index in [-0.39, 0.29) is 5.91 Å². The largest absolute Gasteiger partial charge is 0.495 e. The van der Waals surface area contributed by atoms with E-state index >= 15 is 0 Å². The third kappa shape index (κ3) is 3.37. The molecule has 0 spiro atoms. The minimum absolute atomic E-state index is 0.113. The molecule has 1 aromatic rings. The third-order valence-electron chi connectivity index (χ3n) is 2.77. The van der Waals surface area contributed by atoms with Gasteiger partial charge in [-0.3, -0.25) is 4.79 Å². The predicted octanol–water partition coefficient (Wildman–Crippen LogP) is 2.44. The molecular weight excluding hydrogens is 252 g/mol. The molecule has 100 valence electrons. The lowest BCUT2D eigenvalue weighted by molar-refractivity contribution is -0.119. The maximum atomic E-state index is 12.0. The number of anilines is 1. The van der Waals surface area contributed by atoms with Gasteiger partial charge < -0.3 is 15.4 Å². The zero-order chi connectivity index (χ0) is 13.7. The first-order valence-corrected chi connectivity index (χ1v) is 6.25. The number of amides is 1. The van der Waals surface area contributed by atoms with Gasteiger partial charge in [0.05, 0.1) is 18.2 Å². The van der Waals surface area contributed by atoms with Gasteiger partial charge in [-0.25, -0.2) is 0 Å². The first-order chi connectivity index (χ1) is 8.51. The van der Waals surface area contributed by atoms with E-state index < -0.39 is 6.04 Å². The highest BCUT2D eigenvalue weighted by atomic mass is 35.5. The number of hydrogen-bond donors (Lipinski definition) is 1. The van der Waals surface area contributed by atoms with Gasteiger partial charge in [0.2, 0.25) is 5.91 Å². The normalized spacial score (nSPS) is 12.1. The molecule has 0 fully saturated rings. The van der Waals surface area contributed by atoms with Crippen LogP contribution in [-0.2, 0) is 4.79 Å². The maximum absolute atomic E-state index is 12.0. The van der Waals surface area contributed by atoms with Crippen molar-refractivity contribution in [2.75, 3.05) is 19.1 Å². The van der Waals surface area contributed by atoms with Crippen LogP contribution in [0.2, 0.25) is 5.02 Å². The number of likely N-dealkylation sites (N-methyl/N-ethyl adjacent to an activating group) is 1. The van der Waals surface area contributed by atoms with Crippen LogP contribution in [0, 0.1) is 0 Å². The first kappa shape index (κ1) is 14.8. The van der Waals surface area contributed by atoms with Crippen LogP contribution in [0.5, 0.6) is 5.75 Å². The van der Waals surface area contributed by atoms with Crippen LogP contribution < -0.4 is 15.4 Å². The second-order valence-electron chi connectivity index (χ2n) is 4.11. The monoisotopic (exact) mass is 270 g/mol. The molecule has 1 atom stereocenters. The van der Waals surface area contributed by atoms with E-state index in [4.69, 9.17) is 22.1 Å². The van der Waals surface area contributed by atoms with Crippen molar-refractivity contribution in [3.8, 4) is 5.75 Å². The SMILES string of the molecule is CCCC(N)C(=O)N(C)c1ccc(OC)c(Cl)c1. The third-order valence-corrected chi connectivity index (χ3v) is 3.07. The Morgan fingerprint density at radius 1 is 1.56 bits per heavy atom. The van der Waals surface area contributed by atoms with Gasteiger partial charge in [0.15, 0.2) is 0 Å². The van der Waals surface area contributed by atoms with Gasteiger partial charge >= 0.3 is 0 Å². The Labute approximate surface area is 113 Å². The van der Waals surface area contributed by atoms with Gasteiger partial charge in [-0.1, -0.05) is 24.9 Å². The van der Waals surface area contributed by atoms with E-state index in [1.807, 2.05) is 6.92 Å². The van der Waals surface area contributed by atoms with Crippen molar-refractivity contribution < 1.29 is 9.53 Å². The number of nitrogens with two attached hydrogens (primary N) is 1. The van der Waals surface area contributed by atoms with Crippen molar-refractivity contribution in [2.24, 2.45) is 5.73 Å². The Hall–Kier alpha value is -1.26. The fraction of sp³-hybridized carbons (Fsp3) is 0.462. The molecule has 0 aliphatic carbocycles. The number of nitrogens with zero attached hydrogens (tertiary/aromatic N) is 1. The number of ether oxygens (including phenoxy) is 1. The molecule has 0 radical (unpaired) electrons. The molecule has 5 heteroatoms. The van der Waals surface area contributed by atoms with Crippen LogP contribution in [-0.4, -0.2) is 26.1 Å². The first-order valence-electron chi connectivity index (χ1n) is 5.88. The Balaban J connectivity index is 2.87. The number of carbonyl (C=O) groups is 1. The van der Waals surface area contributed by atoms with E-state index in [2.05, 4.69) is 0 Å². The lowest BCUT2D eigenvalue weighted by Crippen LogP contribution is -2.41. The van der Waals surface area contributed by atoms with Crippen molar-refractivity contribution in [1.29, 1.82) is 0 Å². The fourth-order valence-corrected chi connectivity index (χ4v) is 1.93. The van der Waals surface area contributed by atoms with E-state index in [0.29, 0.717) is 22.9 Å². The lowest BCUT2D eigenvalue weighted by atomic mass is 10.1. The smallest absolute Gasteiger partial charge is 0.243 e. The Morgan fingerprint density at radius 3 is 2.72 bits per heavy atom. The zero-order valence-corrected chi connectivity index (χ0v) is 11.7. The van der Waals surface area contributed by atoms with Gasteiger partial charge in [-0.15, -0.1) is 0 Å². The van der Waals surface area contributed by atoms with Crippen LogP contribution in [0.25, 0.3) is 0 Å². The molecule has 1 aromatic carbocycles. The Bertz CT molecular complexity index is 423. The molecule has 0 aromatic heterocycles. The number of benzene rings is 1. The van der Waals surface area contributed by atoms with Gasteiger partial charge in [0.1, 0.15) is 5.75 Å². The highest BCUT2D eigenvalue weighted by molar-refractivity contribution is 6.32. The van der Waals surface area contributed by atoms with E-state index in [0.717, 1.165) is 6.42 Å². The Morgan fingerprint density at radius 2 is 2.22 bits per heavy atom. The van der Waals surface area contributed by atoms with Crippen molar-refractivity contribution in [3.63, 3.8) is 0 Å². The number of hydrogen-bond acceptors (Lipinski definition) is 3. The highest BCUT2D eigenvalue weighted by Gasteiger charge is 2.19. The Kier molecular flexibility index (Phi) is 5.44. The summed E-state index contributed by atoms with van der Waals surface area (Å²) in [5, 5.41) is 0.471. The molecule has 1 rings (SSSR count). The summed E-state index contributed by atoms with van der Waals surface area (Å²) in [7, 11) is 3.24. The summed E-state index contributed by atoms with van der Waals surface area (Å²) < 4.78 is 5.07. The molecule has 0 aliphatic rings. The summed E-state index contributed by atoms with van der Waals surface area (Å²) in [6.07, 6.45) is 1.55. The molecule has 2 N–H and O–H groups in total. The van der Waals surface area contributed by atoms with E-state index in [1.165, 1.54) is 4.90 Å². The molecule has 1 unspecified atom stereocenters. The summed E-state index contributed by atoms with van der Waals surface area (Å²) in [5.74, 6) is 0.470. The van der Waals surface area contributed by atoms with Crippen molar-refractivity contribution in [3.05, 3.63) is 23.2 Å². The summed E-state index contributed by atoms with van der Waals surface area (Å²) in [6.45, 7) is 2.00. The molecule has 0 saturated heterocycles. The van der Waals surface area contributed by atoms with Gasteiger partial charge in [-0.2, -0.15) is 0 Å².